The minimum atomic E-state index is -1.03. The molecule has 0 saturated carbocycles. The van der Waals surface area contributed by atoms with E-state index >= 15 is 0 Å². The SMILES string of the molecule is CC[C@]1(C)NC(=O)N(CC(=O)OCC(=O)NC(c2ccccc2)c2ccccc2)C1=O. The lowest BCUT2D eigenvalue weighted by Gasteiger charge is -2.20. The fourth-order valence-electron chi connectivity index (χ4n) is 3.30. The zero-order chi connectivity index (χ0) is 22.4. The van der Waals surface area contributed by atoms with Crippen molar-refractivity contribution in [1.29, 1.82) is 0 Å². The molecular weight excluding hydrogens is 398 g/mol. The van der Waals surface area contributed by atoms with E-state index in [0.717, 1.165) is 16.0 Å². The fourth-order valence-corrected chi connectivity index (χ4v) is 3.30. The number of urea groups is 1. The number of hydrogen-bond acceptors (Lipinski definition) is 5. The van der Waals surface area contributed by atoms with Crippen molar-refractivity contribution in [2.45, 2.75) is 31.8 Å². The minimum absolute atomic E-state index is 0.395. The Bertz CT molecular complexity index is 924. The van der Waals surface area contributed by atoms with E-state index in [4.69, 9.17) is 4.74 Å². The molecule has 2 N–H and O–H groups in total. The van der Waals surface area contributed by atoms with Crippen LogP contribution in [0, 0.1) is 0 Å². The summed E-state index contributed by atoms with van der Waals surface area (Å²) in [7, 11) is 0. The smallest absolute Gasteiger partial charge is 0.326 e. The molecule has 0 aliphatic carbocycles. The predicted molar refractivity (Wildman–Crippen MR) is 113 cm³/mol. The van der Waals surface area contributed by atoms with Crippen LogP contribution in [-0.2, 0) is 19.1 Å². The molecule has 31 heavy (non-hydrogen) atoms. The van der Waals surface area contributed by atoms with Crippen LogP contribution < -0.4 is 10.6 Å². The fraction of sp³-hybridized carbons (Fsp3) is 0.304. The van der Waals surface area contributed by atoms with Crippen LogP contribution in [0.3, 0.4) is 0 Å². The number of nitrogens with one attached hydrogen (secondary N) is 2. The van der Waals surface area contributed by atoms with Gasteiger partial charge in [0.2, 0.25) is 0 Å². The molecule has 2 aromatic rings. The molecule has 2 aromatic carbocycles. The van der Waals surface area contributed by atoms with Crippen LogP contribution in [0.2, 0.25) is 0 Å². The highest BCUT2D eigenvalue weighted by atomic mass is 16.5. The van der Waals surface area contributed by atoms with E-state index in [-0.39, 0.29) is 0 Å². The molecule has 1 atom stereocenters. The minimum Gasteiger partial charge on any atom is -0.454 e. The van der Waals surface area contributed by atoms with Crippen molar-refractivity contribution in [1.82, 2.24) is 15.5 Å². The van der Waals surface area contributed by atoms with Crippen molar-refractivity contribution in [3.05, 3.63) is 71.8 Å². The summed E-state index contributed by atoms with van der Waals surface area (Å²) in [4.78, 5) is 49.8. The van der Waals surface area contributed by atoms with Crippen LogP contribution in [0.1, 0.15) is 37.4 Å². The Hall–Kier alpha value is -3.68. The largest absolute Gasteiger partial charge is 0.454 e. The number of carbonyl (C=O) groups is 4. The monoisotopic (exact) mass is 423 g/mol. The van der Waals surface area contributed by atoms with Crippen molar-refractivity contribution in [3.63, 3.8) is 0 Å². The molecule has 1 saturated heterocycles. The molecule has 162 valence electrons. The van der Waals surface area contributed by atoms with Gasteiger partial charge in [0.1, 0.15) is 12.1 Å². The third-order valence-electron chi connectivity index (χ3n) is 5.27. The van der Waals surface area contributed by atoms with Gasteiger partial charge in [0.15, 0.2) is 6.61 Å². The van der Waals surface area contributed by atoms with Gasteiger partial charge >= 0.3 is 12.0 Å². The first-order chi connectivity index (χ1) is 14.8. The van der Waals surface area contributed by atoms with Crippen molar-refractivity contribution in [2.75, 3.05) is 13.2 Å². The molecule has 0 bridgehead atoms. The van der Waals surface area contributed by atoms with Gasteiger partial charge in [0.25, 0.3) is 11.8 Å². The Morgan fingerprint density at radius 1 is 1.03 bits per heavy atom. The highest BCUT2D eigenvalue weighted by Crippen LogP contribution is 2.22. The van der Waals surface area contributed by atoms with Crippen molar-refractivity contribution in [2.24, 2.45) is 0 Å². The quantitative estimate of drug-likeness (QED) is 0.500. The van der Waals surface area contributed by atoms with Gasteiger partial charge < -0.3 is 15.4 Å². The number of hydrogen-bond donors (Lipinski definition) is 2. The van der Waals surface area contributed by atoms with Crippen LogP contribution in [0.15, 0.2) is 60.7 Å². The summed E-state index contributed by atoms with van der Waals surface area (Å²) in [6, 6.07) is 17.8. The van der Waals surface area contributed by atoms with E-state index in [9.17, 15) is 19.2 Å². The maximum Gasteiger partial charge on any atom is 0.326 e. The van der Waals surface area contributed by atoms with Crippen molar-refractivity contribution in [3.8, 4) is 0 Å². The second kappa shape index (κ2) is 9.42. The van der Waals surface area contributed by atoms with Crippen molar-refractivity contribution >= 4 is 23.8 Å². The third kappa shape index (κ3) is 5.09. The zero-order valence-corrected chi connectivity index (χ0v) is 17.5. The van der Waals surface area contributed by atoms with E-state index < -0.39 is 48.5 Å². The summed E-state index contributed by atoms with van der Waals surface area (Å²) >= 11 is 0. The Kier molecular flexibility index (Phi) is 6.69. The second-order valence-corrected chi connectivity index (χ2v) is 7.49. The summed E-state index contributed by atoms with van der Waals surface area (Å²) in [6.07, 6.45) is 0.395. The van der Waals surface area contributed by atoms with E-state index in [1.165, 1.54) is 0 Å². The van der Waals surface area contributed by atoms with Crippen LogP contribution in [0.5, 0.6) is 0 Å². The Morgan fingerprint density at radius 2 is 1.58 bits per heavy atom. The van der Waals surface area contributed by atoms with E-state index in [1.807, 2.05) is 60.7 Å². The van der Waals surface area contributed by atoms with E-state index in [0.29, 0.717) is 6.42 Å². The first kappa shape index (κ1) is 22.0. The highest BCUT2D eigenvalue weighted by molar-refractivity contribution is 6.08. The molecule has 3 rings (SSSR count). The summed E-state index contributed by atoms with van der Waals surface area (Å²) in [5.41, 5.74) is 0.728. The van der Waals surface area contributed by atoms with Gasteiger partial charge in [-0.05, 0) is 24.5 Å². The number of imide groups is 1. The van der Waals surface area contributed by atoms with E-state index in [2.05, 4.69) is 10.6 Å². The number of nitrogens with zero attached hydrogens (tertiary/aromatic N) is 1. The van der Waals surface area contributed by atoms with Gasteiger partial charge in [0, 0.05) is 0 Å². The number of rotatable bonds is 8. The maximum atomic E-state index is 12.5. The standard InChI is InChI=1S/C23H25N3O5/c1-3-23(2)21(29)26(22(30)25-23)14-19(28)31-15-18(27)24-20(16-10-6-4-7-11-16)17-12-8-5-9-13-17/h4-13,20H,3,14-15H2,1-2H3,(H,24,27)(H,25,30)/t23-/m0/s1. The first-order valence-corrected chi connectivity index (χ1v) is 10.0. The number of ether oxygens (including phenoxy) is 1. The predicted octanol–water partition coefficient (Wildman–Crippen LogP) is 2.16. The van der Waals surface area contributed by atoms with Gasteiger partial charge in [0.05, 0.1) is 6.04 Å². The average Bonchev–Trinajstić information content (AvgIpc) is 3.00. The Balaban J connectivity index is 1.59. The highest BCUT2D eigenvalue weighted by Gasteiger charge is 2.47. The number of benzene rings is 2. The summed E-state index contributed by atoms with van der Waals surface area (Å²) in [5.74, 6) is -1.83. The molecule has 0 spiro atoms. The zero-order valence-electron chi connectivity index (χ0n) is 17.5. The normalized spacial score (nSPS) is 18.1. The van der Waals surface area contributed by atoms with Crippen LogP contribution in [0.4, 0.5) is 4.79 Å². The summed E-state index contributed by atoms with van der Waals surface area (Å²) < 4.78 is 5.01. The topological polar surface area (TPSA) is 105 Å². The van der Waals surface area contributed by atoms with Gasteiger partial charge in [-0.3, -0.25) is 19.3 Å². The lowest BCUT2D eigenvalue weighted by atomic mass is 9.99. The molecule has 1 aliphatic rings. The molecule has 0 aromatic heterocycles. The molecule has 1 fully saturated rings. The van der Waals surface area contributed by atoms with Crippen LogP contribution in [-0.4, -0.2) is 47.4 Å². The number of amides is 4. The molecule has 0 radical (unpaired) electrons. The second-order valence-electron chi connectivity index (χ2n) is 7.49. The van der Waals surface area contributed by atoms with Crippen molar-refractivity contribution < 1.29 is 23.9 Å². The Labute approximate surface area is 180 Å². The third-order valence-corrected chi connectivity index (χ3v) is 5.27. The van der Waals surface area contributed by atoms with E-state index in [1.54, 1.807) is 13.8 Å². The van der Waals surface area contributed by atoms with Gasteiger partial charge in [-0.15, -0.1) is 0 Å². The number of esters is 1. The first-order valence-electron chi connectivity index (χ1n) is 10.0. The molecule has 1 aliphatic heterocycles. The molecule has 8 heteroatoms. The molecular formula is C23H25N3O5. The van der Waals surface area contributed by atoms with Crippen LogP contribution in [0.25, 0.3) is 0 Å². The lowest BCUT2D eigenvalue weighted by molar-refractivity contribution is -0.151. The molecule has 4 amide bonds. The molecule has 8 nitrogen and oxygen atoms in total. The summed E-state index contributed by atoms with van der Waals surface area (Å²) in [5, 5.41) is 5.43. The lowest BCUT2D eigenvalue weighted by Crippen LogP contribution is -2.43. The molecule has 1 heterocycles. The summed E-state index contributed by atoms with van der Waals surface area (Å²) in [6.45, 7) is 2.29. The maximum absolute atomic E-state index is 12.5. The Morgan fingerprint density at radius 3 is 2.06 bits per heavy atom. The van der Waals surface area contributed by atoms with Gasteiger partial charge in [-0.2, -0.15) is 0 Å². The van der Waals surface area contributed by atoms with Gasteiger partial charge in [-0.25, -0.2) is 4.79 Å². The number of carbonyl (C=O) groups excluding carboxylic acids is 4. The molecule has 0 unspecified atom stereocenters. The average molecular weight is 423 g/mol. The van der Waals surface area contributed by atoms with Crippen LogP contribution >= 0.6 is 0 Å². The van der Waals surface area contributed by atoms with Gasteiger partial charge in [-0.1, -0.05) is 67.6 Å².